The van der Waals surface area contributed by atoms with E-state index in [2.05, 4.69) is 29.6 Å². The standard InChI is InChI=1S/C16H25NO3/c1-19-9-10-20-12-14(18)11-17-16-8-4-6-13-5-2-3-7-15(13)16/h2-3,5,7,14,16-18H,4,6,8-12H2,1H3. The van der Waals surface area contributed by atoms with Crippen LogP contribution in [0.25, 0.3) is 0 Å². The van der Waals surface area contributed by atoms with Crippen LogP contribution in [0, 0.1) is 0 Å². The third-order valence-electron chi connectivity index (χ3n) is 3.71. The van der Waals surface area contributed by atoms with Crippen LogP contribution in [0.5, 0.6) is 0 Å². The molecule has 1 aliphatic carbocycles. The van der Waals surface area contributed by atoms with Crippen molar-refractivity contribution < 1.29 is 14.6 Å². The van der Waals surface area contributed by atoms with E-state index in [4.69, 9.17) is 9.47 Å². The van der Waals surface area contributed by atoms with Gasteiger partial charge in [-0.15, -0.1) is 0 Å². The maximum Gasteiger partial charge on any atom is 0.0897 e. The molecule has 2 atom stereocenters. The van der Waals surface area contributed by atoms with E-state index in [1.54, 1.807) is 7.11 Å². The van der Waals surface area contributed by atoms with Crippen molar-refractivity contribution in [3.63, 3.8) is 0 Å². The van der Waals surface area contributed by atoms with E-state index in [1.807, 2.05) is 0 Å². The van der Waals surface area contributed by atoms with Gasteiger partial charge in [-0.2, -0.15) is 0 Å². The minimum atomic E-state index is -0.471. The van der Waals surface area contributed by atoms with E-state index in [-0.39, 0.29) is 0 Å². The molecule has 2 rings (SSSR count). The minimum Gasteiger partial charge on any atom is -0.389 e. The number of hydrogen-bond donors (Lipinski definition) is 2. The van der Waals surface area contributed by atoms with Crippen LogP contribution in [-0.4, -0.2) is 44.7 Å². The van der Waals surface area contributed by atoms with Gasteiger partial charge in [-0.05, 0) is 30.4 Å². The molecule has 0 heterocycles. The number of ether oxygens (including phenoxy) is 2. The second-order valence-corrected chi connectivity index (χ2v) is 5.27. The van der Waals surface area contributed by atoms with E-state index in [0.29, 0.717) is 32.4 Å². The van der Waals surface area contributed by atoms with Gasteiger partial charge in [0.25, 0.3) is 0 Å². The Bertz CT molecular complexity index is 397. The molecule has 4 heteroatoms. The Kier molecular flexibility index (Phi) is 6.47. The zero-order valence-electron chi connectivity index (χ0n) is 12.2. The van der Waals surface area contributed by atoms with Gasteiger partial charge in [-0.25, -0.2) is 0 Å². The van der Waals surface area contributed by atoms with E-state index in [1.165, 1.54) is 17.5 Å². The lowest BCUT2D eigenvalue weighted by Gasteiger charge is -2.27. The fourth-order valence-corrected chi connectivity index (χ4v) is 2.66. The first-order valence-corrected chi connectivity index (χ1v) is 7.37. The normalized spacial score (nSPS) is 19.6. The Morgan fingerprint density at radius 1 is 1.35 bits per heavy atom. The number of aliphatic hydroxyl groups excluding tert-OH is 1. The van der Waals surface area contributed by atoms with Crippen LogP contribution in [0.1, 0.15) is 30.0 Å². The Balaban J connectivity index is 1.74. The lowest BCUT2D eigenvalue weighted by molar-refractivity contribution is 0.0127. The zero-order valence-corrected chi connectivity index (χ0v) is 12.2. The van der Waals surface area contributed by atoms with Crippen LogP contribution in [-0.2, 0) is 15.9 Å². The SMILES string of the molecule is COCCOCC(O)CNC1CCCc2ccccc21. The van der Waals surface area contributed by atoms with Crippen LogP contribution in [0.2, 0.25) is 0 Å². The molecule has 1 aromatic carbocycles. The lowest BCUT2D eigenvalue weighted by atomic mass is 9.88. The molecule has 0 aromatic heterocycles. The Morgan fingerprint density at radius 3 is 3.05 bits per heavy atom. The van der Waals surface area contributed by atoms with Crippen molar-refractivity contribution >= 4 is 0 Å². The van der Waals surface area contributed by atoms with Crippen LogP contribution in [0.3, 0.4) is 0 Å². The highest BCUT2D eigenvalue weighted by molar-refractivity contribution is 5.32. The number of rotatable bonds is 8. The molecule has 0 radical (unpaired) electrons. The summed E-state index contributed by atoms with van der Waals surface area (Å²) in [6.07, 6.45) is 3.03. The molecule has 0 bridgehead atoms. The summed E-state index contributed by atoms with van der Waals surface area (Å²) in [7, 11) is 1.64. The quantitative estimate of drug-likeness (QED) is 0.711. The summed E-state index contributed by atoms with van der Waals surface area (Å²) in [5, 5.41) is 13.4. The molecule has 0 spiro atoms. The summed E-state index contributed by atoms with van der Waals surface area (Å²) >= 11 is 0. The lowest BCUT2D eigenvalue weighted by Crippen LogP contribution is -2.34. The summed E-state index contributed by atoms with van der Waals surface area (Å²) in [4.78, 5) is 0. The molecule has 0 amide bonds. The summed E-state index contributed by atoms with van der Waals surface area (Å²) in [6.45, 7) is 2.01. The van der Waals surface area contributed by atoms with Gasteiger partial charge < -0.3 is 19.9 Å². The highest BCUT2D eigenvalue weighted by Crippen LogP contribution is 2.29. The molecule has 20 heavy (non-hydrogen) atoms. The average Bonchev–Trinajstić information content (AvgIpc) is 2.49. The Hall–Kier alpha value is -0.940. The summed E-state index contributed by atoms with van der Waals surface area (Å²) < 4.78 is 10.2. The predicted octanol–water partition coefficient (Wildman–Crippen LogP) is 1.68. The topological polar surface area (TPSA) is 50.7 Å². The third kappa shape index (κ3) is 4.56. The number of fused-ring (bicyclic) bond motifs is 1. The molecule has 2 N–H and O–H groups in total. The number of aliphatic hydroxyl groups is 1. The van der Waals surface area contributed by atoms with Crippen LogP contribution in [0.4, 0.5) is 0 Å². The van der Waals surface area contributed by atoms with E-state index < -0.39 is 6.10 Å². The van der Waals surface area contributed by atoms with E-state index in [0.717, 1.165) is 12.8 Å². The fraction of sp³-hybridized carbons (Fsp3) is 0.625. The van der Waals surface area contributed by atoms with Gasteiger partial charge >= 0.3 is 0 Å². The van der Waals surface area contributed by atoms with Crippen molar-refractivity contribution in [2.45, 2.75) is 31.4 Å². The van der Waals surface area contributed by atoms with Crippen molar-refractivity contribution in [3.8, 4) is 0 Å². The Morgan fingerprint density at radius 2 is 2.20 bits per heavy atom. The number of methoxy groups -OCH3 is 1. The molecule has 1 aliphatic rings. The number of aryl methyl sites for hydroxylation is 1. The maximum absolute atomic E-state index is 9.90. The molecular weight excluding hydrogens is 254 g/mol. The number of nitrogens with one attached hydrogen (secondary N) is 1. The molecule has 0 aliphatic heterocycles. The van der Waals surface area contributed by atoms with Gasteiger partial charge in [0.2, 0.25) is 0 Å². The van der Waals surface area contributed by atoms with Gasteiger partial charge in [0.05, 0.1) is 25.9 Å². The first-order valence-electron chi connectivity index (χ1n) is 7.37. The first kappa shape index (κ1) is 15.4. The monoisotopic (exact) mass is 279 g/mol. The molecule has 0 fully saturated rings. The van der Waals surface area contributed by atoms with Crippen molar-refractivity contribution in [2.24, 2.45) is 0 Å². The van der Waals surface area contributed by atoms with Gasteiger partial charge in [-0.1, -0.05) is 24.3 Å². The van der Waals surface area contributed by atoms with Crippen molar-refractivity contribution in [1.82, 2.24) is 5.32 Å². The molecule has 112 valence electrons. The molecule has 0 saturated carbocycles. The van der Waals surface area contributed by atoms with Crippen LogP contribution >= 0.6 is 0 Å². The molecular formula is C16H25NO3. The molecule has 2 unspecified atom stereocenters. The van der Waals surface area contributed by atoms with Gasteiger partial charge in [0.15, 0.2) is 0 Å². The van der Waals surface area contributed by atoms with E-state index >= 15 is 0 Å². The smallest absolute Gasteiger partial charge is 0.0897 e. The molecule has 1 aromatic rings. The van der Waals surface area contributed by atoms with Gasteiger partial charge in [-0.3, -0.25) is 0 Å². The molecule has 4 nitrogen and oxygen atoms in total. The fourth-order valence-electron chi connectivity index (χ4n) is 2.66. The van der Waals surface area contributed by atoms with Crippen molar-refractivity contribution in [1.29, 1.82) is 0 Å². The predicted molar refractivity (Wildman–Crippen MR) is 78.8 cm³/mol. The second kappa shape index (κ2) is 8.37. The summed E-state index contributed by atoms with van der Waals surface area (Å²) in [5.74, 6) is 0. The zero-order chi connectivity index (χ0) is 14.2. The van der Waals surface area contributed by atoms with Crippen molar-refractivity contribution in [3.05, 3.63) is 35.4 Å². The maximum atomic E-state index is 9.90. The highest BCUT2D eigenvalue weighted by Gasteiger charge is 2.19. The van der Waals surface area contributed by atoms with Gasteiger partial charge in [0, 0.05) is 19.7 Å². The van der Waals surface area contributed by atoms with Gasteiger partial charge in [0.1, 0.15) is 0 Å². The highest BCUT2D eigenvalue weighted by atomic mass is 16.5. The average molecular weight is 279 g/mol. The second-order valence-electron chi connectivity index (χ2n) is 5.27. The van der Waals surface area contributed by atoms with Crippen LogP contribution in [0.15, 0.2) is 24.3 Å². The third-order valence-corrected chi connectivity index (χ3v) is 3.71. The first-order chi connectivity index (χ1) is 9.81. The Labute approximate surface area is 121 Å². The number of benzene rings is 1. The number of hydrogen-bond acceptors (Lipinski definition) is 4. The van der Waals surface area contributed by atoms with Crippen molar-refractivity contribution in [2.75, 3.05) is 33.5 Å². The minimum absolute atomic E-state index is 0.352. The largest absolute Gasteiger partial charge is 0.389 e. The molecule has 0 saturated heterocycles. The van der Waals surface area contributed by atoms with Crippen LogP contribution < -0.4 is 5.32 Å². The summed E-state index contributed by atoms with van der Waals surface area (Å²) in [5.41, 5.74) is 2.81. The summed E-state index contributed by atoms with van der Waals surface area (Å²) in [6, 6.07) is 8.93. The van der Waals surface area contributed by atoms with E-state index in [9.17, 15) is 5.11 Å².